The molecule has 2 N–H and O–H groups in total. The molecule has 1 aliphatic rings. The van der Waals surface area contributed by atoms with Crippen LogP contribution in [-0.4, -0.2) is 20.2 Å². The topological polar surface area (TPSA) is 82.8 Å². The molecule has 3 aromatic rings. The summed E-state index contributed by atoms with van der Waals surface area (Å²) in [4.78, 5) is 0. The molecule has 1 aliphatic carbocycles. The number of benzene rings is 1. The van der Waals surface area contributed by atoms with Crippen LogP contribution in [0.3, 0.4) is 0 Å². The fraction of sp³-hybridized carbons (Fsp3) is 0.522. The summed E-state index contributed by atoms with van der Waals surface area (Å²) in [5, 5.41) is 12.6. The van der Waals surface area contributed by atoms with Crippen molar-refractivity contribution in [2.45, 2.75) is 76.3 Å². The SMILES string of the molecule is CC(C)(C)c1ccc(CC(N)(Cc2nnnn2C2CCCC2)c2ccco2)cc1. The molecule has 0 spiro atoms. The van der Waals surface area contributed by atoms with Gasteiger partial charge in [-0.1, -0.05) is 57.9 Å². The number of hydrogen-bond acceptors (Lipinski definition) is 5. The lowest BCUT2D eigenvalue weighted by molar-refractivity contribution is 0.319. The van der Waals surface area contributed by atoms with Gasteiger partial charge < -0.3 is 10.2 Å². The van der Waals surface area contributed by atoms with Crippen molar-refractivity contribution in [2.24, 2.45) is 5.73 Å². The lowest BCUT2D eigenvalue weighted by atomic mass is 9.83. The number of tetrazole rings is 1. The van der Waals surface area contributed by atoms with Gasteiger partial charge in [-0.2, -0.15) is 0 Å². The highest BCUT2D eigenvalue weighted by Gasteiger charge is 2.34. The number of aromatic nitrogens is 4. The van der Waals surface area contributed by atoms with E-state index in [1.165, 1.54) is 24.0 Å². The Balaban J connectivity index is 1.61. The quantitative estimate of drug-likeness (QED) is 0.674. The highest BCUT2D eigenvalue weighted by Crippen LogP contribution is 2.32. The molecule has 1 unspecified atom stereocenters. The Labute approximate surface area is 172 Å². The lowest BCUT2D eigenvalue weighted by Crippen LogP contribution is -2.42. The van der Waals surface area contributed by atoms with Crippen LogP contribution < -0.4 is 5.73 Å². The second-order valence-corrected chi connectivity index (χ2v) is 9.41. The Hall–Kier alpha value is -2.47. The predicted molar refractivity (Wildman–Crippen MR) is 112 cm³/mol. The molecule has 29 heavy (non-hydrogen) atoms. The Kier molecular flexibility index (Phi) is 5.30. The van der Waals surface area contributed by atoms with Crippen molar-refractivity contribution in [3.63, 3.8) is 0 Å². The maximum Gasteiger partial charge on any atom is 0.153 e. The Morgan fingerprint density at radius 1 is 1.07 bits per heavy atom. The number of nitrogens with zero attached hydrogens (tertiary/aromatic N) is 4. The summed E-state index contributed by atoms with van der Waals surface area (Å²) in [6, 6.07) is 13.0. The molecule has 0 saturated heterocycles. The van der Waals surface area contributed by atoms with Crippen LogP contribution in [-0.2, 0) is 23.8 Å². The van der Waals surface area contributed by atoms with Crippen molar-refractivity contribution in [2.75, 3.05) is 0 Å². The maximum absolute atomic E-state index is 6.98. The molecule has 1 saturated carbocycles. The summed E-state index contributed by atoms with van der Waals surface area (Å²) >= 11 is 0. The zero-order valence-electron chi connectivity index (χ0n) is 17.6. The third kappa shape index (κ3) is 4.27. The molecule has 0 aliphatic heterocycles. The summed E-state index contributed by atoms with van der Waals surface area (Å²) in [6.45, 7) is 6.67. The van der Waals surface area contributed by atoms with Gasteiger partial charge in [0.15, 0.2) is 5.82 Å². The fourth-order valence-corrected chi connectivity index (χ4v) is 4.33. The monoisotopic (exact) mass is 393 g/mol. The van der Waals surface area contributed by atoms with Crippen molar-refractivity contribution >= 4 is 0 Å². The normalized spacial score (nSPS) is 17.5. The van der Waals surface area contributed by atoms with Crippen molar-refractivity contribution in [1.82, 2.24) is 20.2 Å². The molecule has 1 aromatic carbocycles. The first-order chi connectivity index (χ1) is 13.9. The van der Waals surface area contributed by atoms with E-state index in [1.807, 2.05) is 16.8 Å². The third-order valence-corrected chi connectivity index (χ3v) is 6.06. The van der Waals surface area contributed by atoms with Crippen LogP contribution in [0.5, 0.6) is 0 Å². The van der Waals surface area contributed by atoms with Gasteiger partial charge in [0.05, 0.1) is 17.8 Å². The minimum atomic E-state index is -0.710. The van der Waals surface area contributed by atoms with E-state index in [-0.39, 0.29) is 5.41 Å². The van der Waals surface area contributed by atoms with Gasteiger partial charge in [-0.25, -0.2) is 4.68 Å². The standard InChI is InChI=1S/C23H31N5O/c1-22(2,3)18-12-10-17(11-13-18)15-23(24,20-9-6-14-29-20)16-21-25-26-27-28(21)19-7-4-5-8-19/h6,9-14,19H,4-5,7-8,15-16,24H2,1-3H3. The maximum atomic E-state index is 6.98. The van der Waals surface area contributed by atoms with Crippen LogP contribution >= 0.6 is 0 Å². The largest absolute Gasteiger partial charge is 0.467 e. The highest BCUT2D eigenvalue weighted by molar-refractivity contribution is 5.30. The minimum absolute atomic E-state index is 0.128. The first kappa shape index (κ1) is 19.8. The van der Waals surface area contributed by atoms with Gasteiger partial charge in [0.1, 0.15) is 5.76 Å². The van der Waals surface area contributed by atoms with E-state index in [0.717, 1.165) is 24.4 Å². The smallest absolute Gasteiger partial charge is 0.153 e. The first-order valence-electron chi connectivity index (χ1n) is 10.5. The fourth-order valence-electron chi connectivity index (χ4n) is 4.33. The molecule has 0 bridgehead atoms. The molecular weight excluding hydrogens is 362 g/mol. The number of furan rings is 1. The Morgan fingerprint density at radius 2 is 1.79 bits per heavy atom. The van der Waals surface area contributed by atoms with Crippen molar-refractivity contribution < 1.29 is 4.42 Å². The van der Waals surface area contributed by atoms with E-state index < -0.39 is 5.54 Å². The Morgan fingerprint density at radius 3 is 2.41 bits per heavy atom. The Bertz CT molecular complexity index is 917. The van der Waals surface area contributed by atoms with Crippen molar-refractivity contribution in [1.29, 1.82) is 0 Å². The van der Waals surface area contributed by atoms with Gasteiger partial charge in [-0.15, -0.1) is 5.10 Å². The molecule has 2 heterocycles. The zero-order valence-corrected chi connectivity index (χ0v) is 17.6. The van der Waals surface area contributed by atoms with Gasteiger partial charge >= 0.3 is 0 Å². The van der Waals surface area contributed by atoms with E-state index in [1.54, 1.807) is 6.26 Å². The second-order valence-electron chi connectivity index (χ2n) is 9.41. The molecule has 1 fully saturated rings. The van der Waals surface area contributed by atoms with Crippen LogP contribution in [0.25, 0.3) is 0 Å². The molecule has 6 nitrogen and oxygen atoms in total. The number of nitrogens with two attached hydrogens (primary N) is 1. The molecule has 154 valence electrons. The molecule has 4 rings (SSSR count). The van der Waals surface area contributed by atoms with Crippen molar-refractivity contribution in [3.8, 4) is 0 Å². The average molecular weight is 394 g/mol. The summed E-state index contributed by atoms with van der Waals surface area (Å²) < 4.78 is 7.75. The second kappa shape index (κ2) is 7.75. The summed E-state index contributed by atoms with van der Waals surface area (Å²) in [5.74, 6) is 1.60. The summed E-state index contributed by atoms with van der Waals surface area (Å²) in [6.07, 6.45) is 7.59. The van der Waals surface area contributed by atoms with Crippen molar-refractivity contribution in [3.05, 3.63) is 65.4 Å². The van der Waals surface area contributed by atoms with Crippen LogP contribution in [0, 0.1) is 0 Å². The number of hydrogen-bond donors (Lipinski definition) is 1. The van der Waals surface area contributed by atoms with Gasteiger partial charge in [0.25, 0.3) is 0 Å². The lowest BCUT2D eigenvalue weighted by Gasteiger charge is -2.28. The molecule has 2 aromatic heterocycles. The zero-order chi connectivity index (χ0) is 20.5. The minimum Gasteiger partial charge on any atom is -0.467 e. The molecule has 0 amide bonds. The predicted octanol–water partition coefficient (Wildman–Crippen LogP) is 4.32. The van der Waals surface area contributed by atoms with Gasteiger partial charge in [0, 0.05) is 6.42 Å². The van der Waals surface area contributed by atoms with Crippen LogP contribution in [0.15, 0.2) is 47.1 Å². The molecule has 1 atom stereocenters. The molecule has 0 radical (unpaired) electrons. The van der Waals surface area contributed by atoms with E-state index in [2.05, 4.69) is 60.6 Å². The van der Waals surface area contributed by atoms with Crippen LogP contribution in [0.4, 0.5) is 0 Å². The van der Waals surface area contributed by atoms with E-state index >= 15 is 0 Å². The van der Waals surface area contributed by atoms with Crippen LogP contribution in [0.1, 0.15) is 75.2 Å². The summed E-state index contributed by atoms with van der Waals surface area (Å²) in [7, 11) is 0. The van der Waals surface area contributed by atoms with E-state index in [4.69, 9.17) is 10.2 Å². The average Bonchev–Trinajstić information content (AvgIpc) is 3.43. The van der Waals surface area contributed by atoms with Gasteiger partial charge in [-0.3, -0.25) is 0 Å². The van der Waals surface area contributed by atoms with E-state index in [9.17, 15) is 0 Å². The highest BCUT2D eigenvalue weighted by atomic mass is 16.3. The molecular formula is C23H31N5O. The van der Waals surface area contributed by atoms with Gasteiger partial charge in [0.2, 0.25) is 0 Å². The third-order valence-electron chi connectivity index (χ3n) is 6.06. The van der Waals surface area contributed by atoms with Gasteiger partial charge in [-0.05, 0) is 58.4 Å². The summed E-state index contributed by atoms with van der Waals surface area (Å²) in [5.41, 5.74) is 8.88. The van der Waals surface area contributed by atoms with Crippen LogP contribution in [0.2, 0.25) is 0 Å². The molecule has 6 heteroatoms. The first-order valence-corrected chi connectivity index (χ1v) is 10.5. The van der Waals surface area contributed by atoms with E-state index in [0.29, 0.717) is 18.9 Å². The number of rotatable bonds is 6.